The van der Waals surface area contributed by atoms with Crippen LogP contribution in [0.1, 0.15) is 49.2 Å². The first-order valence-corrected chi connectivity index (χ1v) is 11.1. The molecule has 27 heavy (non-hydrogen) atoms. The second-order valence-electron chi connectivity index (χ2n) is 8.45. The second kappa shape index (κ2) is 6.36. The number of ether oxygens (including phenoxy) is 1. The normalized spacial score (nSPS) is 28.1. The number of carbonyl (C=O) groups is 1. The number of nitrogens with zero attached hydrogens (tertiary/aromatic N) is 1. The number of thiophene rings is 1. The van der Waals surface area contributed by atoms with Crippen molar-refractivity contribution < 1.29 is 9.53 Å². The van der Waals surface area contributed by atoms with Crippen molar-refractivity contribution in [2.75, 3.05) is 13.1 Å². The number of piperidine rings is 3. The van der Waals surface area contributed by atoms with Crippen LogP contribution in [0.5, 0.6) is 5.75 Å². The van der Waals surface area contributed by atoms with Gasteiger partial charge >= 0.3 is 0 Å². The van der Waals surface area contributed by atoms with Gasteiger partial charge in [0.1, 0.15) is 0 Å². The minimum atomic E-state index is 0.0361. The molecule has 1 aliphatic carbocycles. The topological polar surface area (TPSA) is 41.6 Å². The Hall–Kier alpha value is -1.30. The summed E-state index contributed by atoms with van der Waals surface area (Å²) < 4.78 is 6.88. The van der Waals surface area contributed by atoms with Crippen molar-refractivity contribution in [3.8, 4) is 5.75 Å². The Morgan fingerprint density at radius 1 is 1.33 bits per heavy atom. The molecule has 3 aliphatic heterocycles. The van der Waals surface area contributed by atoms with E-state index in [-0.39, 0.29) is 17.6 Å². The maximum absolute atomic E-state index is 13.1. The molecule has 1 amide bonds. The molecule has 4 aliphatic rings. The SMILES string of the molecule is CC(C)Oc1c(Cl)ccc2cc(C(=O)N[C@@H]3C4CCN(CC4)C34CC4)sc12. The monoisotopic (exact) mass is 404 g/mol. The largest absolute Gasteiger partial charge is 0.488 e. The Kier molecular flexibility index (Phi) is 4.19. The van der Waals surface area contributed by atoms with Gasteiger partial charge in [0.05, 0.1) is 26.7 Å². The number of benzene rings is 1. The van der Waals surface area contributed by atoms with Crippen molar-refractivity contribution in [3.63, 3.8) is 0 Å². The van der Waals surface area contributed by atoms with E-state index >= 15 is 0 Å². The van der Waals surface area contributed by atoms with E-state index in [0.29, 0.717) is 22.7 Å². The average Bonchev–Trinajstić information content (AvgIpc) is 3.30. The van der Waals surface area contributed by atoms with Crippen molar-refractivity contribution in [3.05, 3.63) is 28.1 Å². The maximum atomic E-state index is 13.1. The van der Waals surface area contributed by atoms with Crippen LogP contribution in [0.25, 0.3) is 10.1 Å². The summed E-state index contributed by atoms with van der Waals surface area (Å²) in [6, 6.07) is 6.09. The van der Waals surface area contributed by atoms with Gasteiger partial charge in [0.15, 0.2) is 5.75 Å². The molecule has 1 aromatic heterocycles. The van der Waals surface area contributed by atoms with Gasteiger partial charge in [-0.2, -0.15) is 0 Å². The molecular weight excluding hydrogens is 380 g/mol. The summed E-state index contributed by atoms with van der Waals surface area (Å²) in [7, 11) is 0. The molecule has 3 saturated heterocycles. The fourth-order valence-electron chi connectivity index (χ4n) is 5.04. The van der Waals surface area contributed by atoms with Crippen LogP contribution in [0.15, 0.2) is 18.2 Å². The van der Waals surface area contributed by atoms with E-state index < -0.39 is 0 Å². The summed E-state index contributed by atoms with van der Waals surface area (Å²) in [5.74, 6) is 1.37. The van der Waals surface area contributed by atoms with Crippen LogP contribution < -0.4 is 10.1 Å². The highest BCUT2D eigenvalue weighted by Crippen LogP contribution is 2.53. The number of nitrogens with one attached hydrogen (secondary N) is 1. The van der Waals surface area contributed by atoms with Gasteiger partial charge in [0.2, 0.25) is 0 Å². The molecular formula is C21H25ClN2O2S. The van der Waals surface area contributed by atoms with Gasteiger partial charge < -0.3 is 10.1 Å². The summed E-state index contributed by atoms with van der Waals surface area (Å²) in [6.07, 6.45) is 4.91. The molecule has 0 unspecified atom stereocenters. The second-order valence-corrected chi connectivity index (χ2v) is 9.91. The predicted octanol–water partition coefficient (Wildman–Crippen LogP) is 4.70. The number of halogens is 1. The van der Waals surface area contributed by atoms with Crippen LogP contribution in [0.4, 0.5) is 0 Å². The van der Waals surface area contributed by atoms with E-state index in [2.05, 4.69) is 10.2 Å². The van der Waals surface area contributed by atoms with Crippen LogP contribution >= 0.6 is 22.9 Å². The third-order valence-corrected chi connectivity index (χ3v) is 7.89. The van der Waals surface area contributed by atoms with Crippen LogP contribution in [0.2, 0.25) is 5.02 Å². The zero-order chi connectivity index (χ0) is 18.8. The molecule has 1 spiro atoms. The molecule has 4 fully saturated rings. The van der Waals surface area contributed by atoms with Crippen LogP contribution in [-0.2, 0) is 0 Å². The Morgan fingerprint density at radius 3 is 2.74 bits per heavy atom. The average molecular weight is 405 g/mol. The highest BCUT2D eigenvalue weighted by Gasteiger charge is 2.60. The van der Waals surface area contributed by atoms with E-state index in [0.717, 1.165) is 15.0 Å². The smallest absolute Gasteiger partial charge is 0.261 e. The van der Waals surface area contributed by atoms with Crippen molar-refractivity contribution >= 4 is 38.9 Å². The third kappa shape index (κ3) is 2.86. The minimum Gasteiger partial charge on any atom is -0.488 e. The van der Waals surface area contributed by atoms with Gasteiger partial charge in [0.25, 0.3) is 5.91 Å². The van der Waals surface area contributed by atoms with E-state index in [1.807, 2.05) is 32.0 Å². The molecule has 1 saturated carbocycles. The molecule has 1 aromatic carbocycles. The summed E-state index contributed by atoms with van der Waals surface area (Å²) in [6.45, 7) is 6.38. The van der Waals surface area contributed by atoms with E-state index in [1.165, 1.54) is 50.1 Å². The lowest BCUT2D eigenvalue weighted by atomic mass is 9.77. The van der Waals surface area contributed by atoms with Crippen molar-refractivity contribution in [2.45, 2.75) is 57.2 Å². The zero-order valence-electron chi connectivity index (χ0n) is 15.8. The number of fused-ring (bicyclic) bond motifs is 3. The molecule has 6 rings (SSSR count). The van der Waals surface area contributed by atoms with Crippen LogP contribution in [-0.4, -0.2) is 41.6 Å². The molecule has 6 heteroatoms. The van der Waals surface area contributed by atoms with Gasteiger partial charge in [-0.05, 0) is 76.1 Å². The van der Waals surface area contributed by atoms with E-state index in [9.17, 15) is 4.79 Å². The highest BCUT2D eigenvalue weighted by atomic mass is 35.5. The standard InChI is InChI=1S/C21H25ClN2O2S/c1-12(2)26-17-15(22)4-3-14-11-16(27-18(14)17)20(25)23-19-13-5-9-24(10-6-13)21(19)7-8-21/h3-4,11-13,19H,5-10H2,1-2H3,(H,23,25)/t19-/m1/s1. The molecule has 1 N–H and O–H groups in total. The van der Waals surface area contributed by atoms with Gasteiger partial charge in [0, 0.05) is 5.54 Å². The van der Waals surface area contributed by atoms with Gasteiger partial charge in [-0.25, -0.2) is 0 Å². The Balaban J connectivity index is 1.43. The van der Waals surface area contributed by atoms with Gasteiger partial charge in [-0.1, -0.05) is 17.7 Å². The first-order valence-electron chi connectivity index (χ1n) is 9.92. The molecule has 0 radical (unpaired) electrons. The van der Waals surface area contributed by atoms with Crippen LogP contribution in [0, 0.1) is 5.92 Å². The molecule has 144 valence electrons. The molecule has 2 bridgehead atoms. The summed E-state index contributed by atoms with van der Waals surface area (Å²) in [5, 5.41) is 5.02. The van der Waals surface area contributed by atoms with E-state index in [1.54, 1.807) is 0 Å². The Labute approximate surface area is 168 Å². The van der Waals surface area contributed by atoms with Crippen molar-refractivity contribution in [1.82, 2.24) is 10.2 Å². The predicted molar refractivity (Wildman–Crippen MR) is 110 cm³/mol. The summed E-state index contributed by atoms with van der Waals surface area (Å²) in [4.78, 5) is 16.5. The maximum Gasteiger partial charge on any atom is 0.261 e. The van der Waals surface area contributed by atoms with E-state index in [4.69, 9.17) is 16.3 Å². The summed E-state index contributed by atoms with van der Waals surface area (Å²) >= 11 is 7.84. The number of rotatable bonds is 4. The molecule has 2 aromatic rings. The quantitative estimate of drug-likeness (QED) is 0.803. The zero-order valence-corrected chi connectivity index (χ0v) is 17.3. The Bertz CT molecular complexity index is 897. The number of hydrogen-bond acceptors (Lipinski definition) is 4. The van der Waals surface area contributed by atoms with Crippen LogP contribution in [0.3, 0.4) is 0 Å². The fraction of sp³-hybridized carbons (Fsp3) is 0.571. The van der Waals surface area contributed by atoms with Gasteiger partial charge in [-0.15, -0.1) is 11.3 Å². The first-order chi connectivity index (χ1) is 13.0. The lowest BCUT2D eigenvalue weighted by Crippen LogP contribution is -2.65. The molecule has 4 heterocycles. The Morgan fingerprint density at radius 2 is 2.07 bits per heavy atom. The van der Waals surface area contributed by atoms with Crippen molar-refractivity contribution in [1.29, 1.82) is 0 Å². The minimum absolute atomic E-state index is 0.0361. The molecule has 4 nitrogen and oxygen atoms in total. The number of carbonyl (C=O) groups excluding carboxylic acids is 1. The van der Waals surface area contributed by atoms with Gasteiger partial charge in [-0.3, -0.25) is 9.69 Å². The number of amides is 1. The summed E-state index contributed by atoms with van der Waals surface area (Å²) in [5.41, 5.74) is 0.253. The molecule has 1 atom stereocenters. The fourth-order valence-corrected chi connectivity index (χ4v) is 6.36. The lowest BCUT2D eigenvalue weighted by molar-refractivity contribution is -0.00138. The lowest BCUT2D eigenvalue weighted by Gasteiger charge is -2.52. The first kappa shape index (κ1) is 17.8. The third-order valence-electron chi connectivity index (χ3n) is 6.44. The van der Waals surface area contributed by atoms with Crippen molar-refractivity contribution in [2.24, 2.45) is 5.92 Å². The highest BCUT2D eigenvalue weighted by molar-refractivity contribution is 7.21. The number of hydrogen-bond donors (Lipinski definition) is 1.